The lowest BCUT2D eigenvalue weighted by atomic mass is 9.97. The summed E-state index contributed by atoms with van der Waals surface area (Å²) in [7, 11) is 0. The van der Waals surface area contributed by atoms with E-state index in [0.29, 0.717) is 0 Å². The summed E-state index contributed by atoms with van der Waals surface area (Å²) in [5.74, 6) is 0. The Morgan fingerprint density at radius 1 is 0.377 bits per heavy atom. The van der Waals surface area contributed by atoms with E-state index < -0.39 is 0 Å². The predicted octanol–water partition coefficient (Wildman–Crippen LogP) is 15.1. The fourth-order valence-corrected chi connectivity index (χ4v) is 9.53. The smallest absolute Gasteiger partial charge is 0.136 e. The van der Waals surface area contributed by atoms with E-state index in [0.717, 1.165) is 44.6 Å². The third kappa shape index (κ3) is 4.71. The molecule has 248 valence electrons. The van der Waals surface area contributed by atoms with Gasteiger partial charge in [-0.15, -0.1) is 11.3 Å². The highest BCUT2D eigenvalue weighted by Gasteiger charge is 2.23. The second-order valence-corrected chi connectivity index (χ2v) is 14.7. The van der Waals surface area contributed by atoms with Crippen LogP contribution in [-0.4, -0.2) is 0 Å². The van der Waals surface area contributed by atoms with Gasteiger partial charge in [0.1, 0.15) is 11.2 Å². The lowest BCUT2D eigenvalue weighted by Crippen LogP contribution is -2.11. The van der Waals surface area contributed by atoms with Crippen LogP contribution in [0.5, 0.6) is 0 Å². The van der Waals surface area contributed by atoms with E-state index in [-0.39, 0.29) is 0 Å². The molecule has 2 aromatic heterocycles. The molecule has 0 N–H and O–H groups in total. The van der Waals surface area contributed by atoms with Crippen molar-refractivity contribution < 1.29 is 4.42 Å². The second-order valence-electron chi connectivity index (χ2n) is 13.6. The monoisotopic (exact) mass is 693 g/mol. The molecule has 2 heterocycles. The molecule has 0 saturated carbocycles. The summed E-state index contributed by atoms with van der Waals surface area (Å²) in [6, 6.07) is 68.0. The number of para-hydroxylation sites is 1. The van der Waals surface area contributed by atoms with Crippen molar-refractivity contribution in [2.45, 2.75) is 0 Å². The molecule has 0 unspecified atom stereocenters. The summed E-state index contributed by atoms with van der Waals surface area (Å²) in [5, 5.41) is 9.78. The summed E-state index contributed by atoms with van der Waals surface area (Å²) in [4.78, 5) is 2.48. The number of thiophene rings is 1. The van der Waals surface area contributed by atoms with E-state index in [1.165, 1.54) is 58.4 Å². The summed E-state index contributed by atoms with van der Waals surface area (Å²) in [6.07, 6.45) is 0. The summed E-state index contributed by atoms with van der Waals surface area (Å²) < 4.78 is 8.84. The van der Waals surface area contributed by atoms with Gasteiger partial charge in [-0.2, -0.15) is 0 Å². The van der Waals surface area contributed by atoms with Crippen LogP contribution in [0.4, 0.5) is 17.1 Å². The quantitative estimate of drug-likeness (QED) is 0.167. The highest BCUT2D eigenvalue weighted by atomic mass is 32.1. The molecule has 0 bridgehead atoms. The fourth-order valence-electron chi connectivity index (χ4n) is 8.27. The molecular weight excluding hydrogens is 663 g/mol. The number of fused-ring (bicyclic) bond motifs is 9. The van der Waals surface area contributed by atoms with Crippen LogP contribution >= 0.6 is 11.3 Å². The van der Waals surface area contributed by atoms with E-state index in [4.69, 9.17) is 4.42 Å². The molecule has 0 aliphatic carbocycles. The average Bonchev–Trinajstić information content (AvgIpc) is 3.81. The summed E-state index contributed by atoms with van der Waals surface area (Å²) in [5.41, 5.74) is 10.0. The van der Waals surface area contributed by atoms with Crippen molar-refractivity contribution in [3.8, 4) is 22.3 Å². The minimum atomic E-state index is 0.905. The van der Waals surface area contributed by atoms with Gasteiger partial charge in [0.15, 0.2) is 0 Å². The average molecular weight is 694 g/mol. The van der Waals surface area contributed by atoms with Crippen LogP contribution < -0.4 is 4.90 Å². The van der Waals surface area contributed by atoms with Gasteiger partial charge in [-0.05, 0) is 80.9 Å². The molecule has 0 radical (unpaired) electrons. The Morgan fingerprint density at radius 2 is 1.08 bits per heavy atom. The number of furan rings is 1. The minimum absolute atomic E-state index is 0.905. The van der Waals surface area contributed by atoms with Gasteiger partial charge in [0.2, 0.25) is 0 Å². The molecule has 0 amide bonds. The molecule has 0 aliphatic heterocycles. The van der Waals surface area contributed by atoms with Gasteiger partial charge in [0.05, 0.1) is 11.4 Å². The lowest BCUT2D eigenvalue weighted by molar-refractivity contribution is 0.669. The maximum Gasteiger partial charge on any atom is 0.136 e. The zero-order chi connectivity index (χ0) is 34.9. The summed E-state index contributed by atoms with van der Waals surface area (Å²) in [6.45, 7) is 0. The van der Waals surface area contributed by atoms with Crippen LogP contribution in [0.3, 0.4) is 0 Å². The molecule has 11 rings (SSSR count). The highest BCUT2D eigenvalue weighted by Crippen LogP contribution is 2.50. The van der Waals surface area contributed by atoms with E-state index in [2.05, 4.69) is 181 Å². The van der Waals surface area contributed by atoms with Gasteiger partial charge in [-0.3, -0.25) is 0 Å². The molecule has 2 nitrogen and oxygen atoms in total. The lowest BCUT2D eigenvalue weighted by Gasteiger charge is -2.28. The summed E-state index contributed by atoms with van der Waals surface area (Å²) >= 11 is 1.88. The number of hydrogen-bond donors (Lipinski definition) is 0. The number of nitrogens with zero attached hydrogens (tertiary/aromatic N) is 1. The van der Waals surface area contributed by atoms with Gasteiger partial charge < -0.3 is 9.32 Å². The molecule has 3 heteroatoms. The molecule has 53 heavy (non-hydrogen) atoms. The van der Waals surface area contributed by atoms with Crippen molar-refractivity contribution >= 4 is 92.1 Å². The zero-order valence-electron chi connectivity index (χ0n) is 28.7. The normalized spacial score (nSPS) is 11.8. The van der Waals surface area contributed by atoms with E-state index >= 15 is 0 Å². The van der Waals surface area contributed by atoms with E-state index in [1.54, 1.807) is 0 Å². The molecule has 0 saturated heterocycles. The van der Waals surface area contributed by atoms with Crippen LogP contribution in [0.25, 0.3) is 85.9 Å². The highest BCUT2D eigenvalue weighted by molar-refractivity contribution is 7.26. The minimum Gasteiger partial charge on any atom is -0.456 e. The Kier molecular flexibility index (Phi) is 6.76. The SMILES string of the molecule is c1ccc(-c2ccc(N(c3ccc(-c4cccc5oc6ccccc6c45)cc3)c3cccc4c3ccc3ccccc34)c3c2sc2ccccc23)cc1. The van der Waals surface area contributed by atoms with Crippen LogP contribution in [0.15, 0.2) is 192 Å². The number of rotatable bonds is 5. The van der Waals surface area contributed by atoms with Gasteiger partial charge >= 0.3 is 0 Å². The van der Waals surface area contributed by atoms with Gasteiger partial charge in [0, 0.05) is 42.0 Å². The van der Waals surface area contributed by atoms with Crippen molar-refractivity contribution in [3.63, 3.8) is 0 Å². The second kappa shape index (κ2) is 11.9. The van der Waals surface area contributed by atoms with Crippen molar-refractivity contribution in [1.29, 1.82) is 0 Å². The molecule has 0 aliphatic rings. The Labute approximate surface area is 310 Å². The number of benzene rings is 9. The van der Waals surface area contributed by atoms with Crippen molar-refractivity contribution in [3.05, 3.63) is 188 Å². The zero-order valence-corrected chi connectivity index (χ0v) is 29.5. The predicted molar refractivity (Wildman–Crippen MR) is 227 cm³/mol. The van der Waals surface area contributed by atoms with Crippen LogP contribution in [0.1, 0.15) is 0 Å². The topological polar surface area (TPSA) is 16.4 Å². The first-order valence-electron chi connectivity index (χ1n) is 18.0. The maximum absolute atomic E-state index is 6.27. The number of hydrogen-bond acceptors (Lipinski definition) is 3. The third-order valence-electron chi connectivity index (χ3n) is 10.7. The molecular formula is C50H31NOS. The first-order chi connectivity index (χ1) is 26.3. The van der Waals surface area contributed by atoms with E-state index in [9.17, 15) is 0 Å². The van der Waals surface area contributed by atoms with Crippen LogP contribution in [-0.2, 0) is 0 Å². The van der Waals surface area contributed by atoms with Gasteiger partial charge in [0.25, 0.3) is 0 Å². The third-order valence-corrected chi connectivity index (χ3v) is 11.9. The maximum atomic E-state index is 6.27. The Hall–Kier alpha value is -6.68. The molecule has 0 spiro atoms. The van der Waals surface area contributed by atoms with Crippen molar-refractivity contribution in [2.24, 2.45) is 0 Å². The van der Waals surface area contributed by atoms with Gasteiger partial charge in [-0.1, -0.05) is 146 Å². The van der Waals surface area contributed by atoms with E-state index in [1.807, 2.05) is 23.5 Å². The Morgan fingerprint density at radius 3 is 1.96 bits per heavy atom. The number of anilines is 3. The molecule has 11 aromatic rings. The van der Waals surface area contributed by atoms with Crippen LogP contribution in [0.2, 0.25) is 0 Å². The van der Waals surface area contributed by atoms with Crippen molar-refractivity contribution in [2.75, 3.05) is 4.90 Å². The molecule has 0 atom stereocenters. The van der Waals surface area contributed by atoms with Gasteiger partial charge in [-0.25, -0.2) is 0 Å². The first-order valence-corrected chi connectivity index (χ1v) is 18.8. The molecule has 0 fully saturated rings. The Balaban J connectivity index is 1.18. The standard InChI is InChI=1S/C50H31NOS/c1-2-12-32(13-3-1)38-30-31-44(49-42-17-7-9-23-47(42)53-50(38)49)51(43-20-10-19-39-36-15-5-4-14-33(36)26-29-40(39)43)35-27-24-34(25-28-35)37-18-11-22-46-48(37)41-16-6-8-21-45(41)52-46/h1-31H. The molecule has 9 aromatic carbocycles. The largest absolute Gasteiger partial charge is 0.456 e. The Bertz CT molecular complexity index is 3170. The first kappa shape index (κ1) is 30.0. The fraction of sp³-hybridized carbons (Fsp3) is 0. The van der Waals surface area contributed by atoms with Crippen molar-refractivity contribution in [1.82, 2.24) is 0 Å². The van der Waals surface area contributed by atoms with Crippen LogP contribution in [0, 0.1) is 0 Å².